The van der Waals surface area contributed by atoms with Gasteiger partial charge in [-0.2, -0.15) is 0 Å². The second-order valence-corrected chi connectivity index (χ2v) is 5.11. The Labute approximate surface area is 116 Å². The normalized spacial score (nSPS) is 15.7. The van der Waals surface area contributed by atoms with Crippen molar-refractivity contribution in [1.82, 2.24) is 0 Å². The Morgan fingerprint density at radius 2 is 2.05 bits per heavy atom. The molecule has 0 aliphatic heterocycles. The molecule has 102 valence electrons. The van der Waals surface area contributed by atoms with E-state index in [0.29, 0.717) is 35.7 Å². The molecular weight excluding hydrogens is 266 g/mol. The minimum atomic E-state index is -0.758. The van der Waals surface area contributed by atoms with Crippen molar-refractivity contribution in [3.05, 3.63) is 23.2 Å². The van der Waals surface area contributed by atoms with Crippen molar-refractivity contribution < 1.29 is 9.59 Å². The van der Waals surface area contributed by atoms with Crippen LogP contribution in [0.2, 0.25) is 5.02 Å². The fraction of sp³-hybridized carbons (Fsp3) is 0.385. The van der Waals surface area contributed by atoms with Crippen LogP contribution >= 0.6 is 11.6 Å². The Morgan fingerprint density at radius 1 is 1.37 bits per heavy atom. The predicted molar refractivity (Wildman–Crippen MR) is 75.2 cm³/mol. The standard InChI is InChI=1S/C13H16ClN3O2/c1-2-11(18)16-8-3-4-9(14)10(7-8)17-12(19)13(15)5-6-13/h3-4,7H,2,5-6,15H2,1H3,(H,16,18)(H,17,19). The fourth-order valence-corrected chi connectivity index (χ4v) is 1.72. The topological polar surface area (TPSA) is 84.2 Å². The van der Waals surface area contributed by atoms with Crippen molar-refractivity contribution in [2.45, 2.75) is 31.7 Å². The van der Waals surface area contributed by atoms with E-state index >= 15 is 0 Å². The van der Waals surface area contributed by atoms with E-state index in [4.69, 9.17) is 17.3 Å². The van der Waals surface area contributed by atoms with E-state index in [0.717, 1.165) is 0 Å². The summed E-state index contributed by atoms with van der Waals surface area (Å²) in [4.78, 5) is 23.2. The highest BCUT2D eigenvalue weighted by Gasteiger charge is 2.46. The molecule has 2 rings (SSSR count). The van der Waals surface area contributed by atoms with Gasteiger partial charge in [0.25, 0.3) is 0 Å². The molecule has 0 atom stereocenters. The first-order valence-corrected chi connectivity index (χ1v) is 6.52. The number of anilines is 2. The summed E-state index contributed by atoms with van der Waals surface area (Å²) in [6, 6.07) is 4.93. The van der Waals surface area contributed by atoms with E-state index in [2.05, 4.69) is 10.6 Å². The van der Waals surface area contributed by atoms with E-state index in [1.165, 1.54) is 0 Å². The Bertz CT molecular complexity index is 527. The number of carbonyl (C=O) groups is 2. The lowest BCUT2D eigenvalue weighted by Crippen LogP contribution is -2.37. The van der Waals surface area contributed by atoms with Gasteiger partial charge >= 0.3 is 0 Å². The van der Waals surface area contributed by atoms with Gasteiger partial charge in [-0.05, 0) is 31.0 Å². The molecule has 4 N–H and O–H groups in total. The van der Waals surface area contributed by atoms with E-state index in [-0.39, 0.29) is 11.8 Å². The molecule has 0 aromatic heterocycles. The van der Waals surface area contributed by atoms with Gasteiger partial charge in [0.2, 0.25) is 11.8 Å². The first kappa shape index (κ1) is 13.8. The van der Waals surface area contributed by atoms with Crippen molar-refractivity contribution in [2.24, 2.45) is 5.73 Å². The van der Waals surface area contributed by atoms with Gasteiger partial charge in [0, 0.05) is 12.1 Å². The molecule has 1 aromatic rings. The lowest BCUT2D eigenvalue weighted by atomic mass is 10.2. The summed E-state index contributed by atoms with van der Waals surface area (Å²) in [5.41, 5.74) is 6.09. The molecule has 0 bridgehead atoms. The van der Waals surface area contributed by atoms with E-state index in [1.54, 1.807) is 25.1 Å². The second-order valence-electron chi connectivity index (χ2n) is 4.71. The van der Waals surface area contributed by atoms with Gasteiger partial charge in [0.05, 0.1) is 16.2 Å². The molecule has 0 heterocycles. The monoisotopic (exact) mass is 281 g/mol. The van der Waals surface area contributed by atoms with Crippen LogP contribution < -0.4 is 16.4 Å². The molecule has 1 aliphatic carbocycles. The number of nitrogens with two attached hydrogens (primary N) is 1. The largest absolute Gasteiger partial charge is 0.326 e. The highest BCUT2D eigenvalue weighted by atomic mass is 35.5. The van der Waals surface area contributed by atoms with Gasteiger partial charge in [0.15, 0.2) is 0 Å². The number of halogens is 1. The summed E-state index contributed by atoms with van der Waals surface area (Å²) in [6.45, 7) is 1.76. The Balaban J connectivity index is 2.13. The summed E-state index contributed by atoms with van der Waals surface area (Å²) in [6.07, 6.45) is 1.75. The van der Waals surface area contributed by atoms with E-state index in [9.17, 15) is 9.59 Å². The number of nitrogens with one attached hydrogen (secondary N) is 2. The minimum Gasteiger partial charge on any atom is -0.326 e. The van der Waals surface area contributed by atoms with Crippen LogP contribution in [0, 0.1) is 0 Å². The van der Waals surface area contributed by atoms with Gasteiger partial charge in [-0.25, -0.2) is 0 Å². The lowest BCUT2D eigenvalue weighted by Gasteiger charge is -2.13. The number of amides is 2. The molecule has 5 nitrogen and oxygen atoms in total. The maximum absolute atomic E-state index is 11.9. The SMILES string of the molecule is CCC(=O)Nc1ccc(Cl)c(NC(=O)C2(N)CC2)c1. The predicted octanol–water partition coefficient (Wildman–Crippen LogP) is 2.12. The molecule has 2 amide bonds. The average molecular weight is 282 g/mol. The maximum Gasteiger partial charge on any atom is 0.244 e. The molecule has 6 heteroatoms. The van der Waals surface area contributed by atoms with Gasteiger partial charge in [-0.15, -0.1) is 0 Å². The van der Waals surface area contributed by atoms with Crippen molar-refractivity contribution >= 4 is 34.8 Å². The molecule has 1 fully saturated rings. The Kier molecular flexibility index (Phi) is 3.78. The molecular formula is C13H16ClN3O2. The third kappa shape index (κ3) is 3.24. The zero-order chi connectivity index (χ0) is 14.0. The van der Waals surface area contributed by atoms with Gasteiger partial charge in [-0.1, -0.05) is 18.5 Å². The first-order valence-electron chi connectivity index (χ1n) is 6.14. The lowest BCUT2D eigenvalue weighted by molar-refractivity contribution is -0.118. The van der Waals surface area contributed by atoms with Crippen LogP contribution in [0.3, 0.4) is 0 Å². The van der Waals surface area contributed by atoms with Gasteiger partial charge in [-0.3, -0.25) is 9.59 Å². The van der Waals surface area contributed by atoms with E-state index in [1.807, 2.05) is 0 Å². The van der Waals surface area contributed by atoms with Crippen LogP contribution in [-0.4, -0.2) is 17.4 Å². The molecule has 1 aliphatic rings. The van der Waals surface area contributed by atoms with Crippen molar-refractivity contribution in [3.8, 4) is 0 Å². The molecule has 1 aromatic carbocycles. The second kappa shape index (κ2) is 5.19. The molecule has 1 saturated carbocycles. The summed E-state index contributed by atoms with van der Waals surface area (Å²) < 4.78 is 0. The minimum absolute atomic E-state index is 0.0999. The zero-order valence-corrected chi connectivity index (χ0v) is 11.4. The molecule has 0 spiro atoms. The number of benzene rings is 1. The number of rotatable bonds is 4. The van der Waals surface area contributed by atoms with Crippen molar-refractivity contribution in [1.29, 1.82) is 0 Å². The van der Waals surface area contributed by atoms with Gasteiger partial charge < -0.3 is 16.4 Å². The molecule has 0 radical (unpaired) electrons. The Hall–Kier alpha value is -1.59. The fourth-order valence-electron chi connectivity index (χ4n) is 1.56. The highest BCUT2D eigenvalue weighted by molar-refractivity contribution is 6.34. The third-order valence-electron chi connectivity index (χ3n) is 3.06. The first-order chi connectivity index (χ1) is 8.94. The zero-order valence-electron chi connectivity index (χ0n) is 10.6. The molecule has 0 saturated heterocycles. The summed E-state index contributed by atoms with van der Waals surface area (Å²) >= 11 is 6.01. The summed E-state index contributed by atoms with van der Waals surface area (Å²) in [7, 11) is 0. The van der Waals surface area contributed by atoms with Crippen LogP contribution in [0.4, 0.5) is 11.4 Å². The smallest absolute Gasteiger partial charge is 0.244 e. The van der Waals surface area contributed by atoms with Gasteiger partial charge in [0.1, 0.15) is 0 Å². The maximum atomic E-state index is 11.9. The highest BCUT2D eigenvalue weighted by Crippen LogP contribution is 2.34. The molecule has 0 unspecified atom stereocenters. The van der Waals surface area contributed by atoms with E-state index < -0.39 is 5.54 Å². The van der Waals surface area contributed by atoms with Crippen LogP contribution in [0.1, 0.15) is 26.2 Å². The van der Waals surface area contributed by atoms with Crippen molar-refractivity contribution in [2.75, 3.05) is 10.6 Å². The summed E-state index contributed by atoms with van der Waals surface area (Å²) in [5, 5.41) is 5.81. The van der Waals surface area contributed by atoms with Crippen LogP contribution in [0.15, 0.2) is 18.2 Å². The molecule has 19 heavy (non-hydrogen) atoms. The quantitative estimate of drug-likeness (QED) is 0.790. The Morgan fingerprint density at radius 3 is 2.63 bits per heavy atom. The third-order valence-corrected chi connectivity index (χ3v) is 3.39. The van der Waals surface area contributed by atoms with Crippen molar-refractivity contribution in [3.63, 3.8) is 0 Å². The number of hydrogen-bond acceptors (Lipinski definition) is 3. The van der Waals surface area contributed by atoms with Crippen LogP contribution in [0.25, 0.3) is 0 Å². The average Bonchev–Trinajstić information content (AvgIpc) is 3.12. The van der Waals surface area contributed by atoms with Crippen LogP contribution in [0.5, 0.6) is 0 Å². The van der Waals surface area contributed by atoms with Crippen LogP contribution in [-0.2, 0) is 9.59 Å². The summed E-state index contributed by atoms with van der Waals surface area (Å²) in [5.74, 6) is -0.342. The number of hydrogen-bond donors (Lipinski definition) is 3. The number of carbonyl (C=O) groups excluding carboxylic acids is 2.